The van der Waals surface area contributed by atoms with E-state index in [4.69, 9.17) is 0 Å². The fraction of sp³-hybridized carbons (Fsp3) is 0.526. The largest absolute Gasteiger partial charge is 0.469 e. The molecule has 1 fully saturated rings. The summed E-state index contributed by atoms with van der Waals surface area (Å²) in [7, 11) is 2.85. The van der Waals surface area contributed by atoms with Crippen molar-refractivity contribution < 1.29 is 23.1 Å². The van der Waals surface area contributed by atoms with Crippen molar-refractivity contribution in [2.45, 2.75) is 32.1 Å². The van der Waals surface area contributed by atoms with Gasteiger partial charge in [-0.2, -0.15) is 0 Å². The van der Waals surface area contributed by atoms with Gasteiger partial charge in [-0.25, -0.2) is 18.4 Å². The lowest BCUT2D eigenvalue weighted by molar-refractivity contribution is -0.142. The molecule has 1 unspecified atom stereocenters. The van der Waals surface area contributed by atoms with Crippen LogP contribution in [0, 0.1) is 5.92 Å². The highest BCUT2D eigenvalue weighted by Crippen LogP contribution is 2.36. The molecule has 0 aliphatic carbocycles. The number of carbonyl (C=O) groups excluding carboxylic acids is 2. The number of piperidine rings is 1. The summed E-state index contributed by atoms with van der Waals surface area (Å²) in [5.74, 6) is -3.94. The van der Waals surface area contributed by atoms with Crippen molar-refractivity contribution in [2.24, 2.45) is 13.0 Å². The van der Waals surface area contributed by atoms with Crippen LogP contribution in [0.25, 0.3) is 11.4 Å². The van der Waals surface area contributed by atoms with Gasteiger partial charge in [-0.3, -0.25) is 9.59 Å². The Morgan fingerprint density at radius 3 is 2.83 bits per heavy atom. The highest BCUT2D eigenvalue weighted by Gasteiger charge is 2.41. The number of alkyl halides is 2. The van der Waals surface area contributed by atoms with Crippen LogP contribution in [0.3, 0.4) is 0 Å². The maximum atomic E-state index is 14.4. The van der Waals surface area contributed by atoms with Gasteiger partial charge in [0.2, 0.25) is 0 Å². The summed E-state index contributed by atoms with van der Waals surface area (Å²) < 4.78 is 34.7. The van der Waals surface area contributed by atoms with Gasteiger partial charge in [0.1, 0.15) is 11.4 Å². The molecule has 1 saturated heterocycles. The van der Waals surface area contributed by atoms with Gasteiger partial charge in [0, 0.05) is 20.0 Å². The minimum atomic E-state index is -2.92. The molecule has 1 aliphatic rings. The van der Waals surface area contributed by atoms with Crippen molar-refractivity contribution in [1.29, 1.82) is 0 Å². The summed E-state index contributed by atoms with van der Waals surface area (Å²) in [6.45, 7) is 1.74. The van der Waals surface area contributed by atoms with Crippen LogP contribution < -0.4 is 4.90 Å². The minimum absolute atomic E-state index is 0.0577. The van der Waals surface area contributed by atoms with E-state index in [1.807, 2.05) is 6.92 Å². The first-order valence-corrected chi connectivity index (χ1v) is 9.32. The van der Waals surface area contributed by atoms with Gasteiger partial charge >= 0.3 is 5.97 Å². The third kappa shape index (κ3) is 4.41. The quantitative estimate of drug-likeness (QED) is 0.536. The number of aryl methyl sites for hydroxylation is 2. The number of rotatable bonds is 6. The van der Waals surface area contributed by atoms with Crippen LogP contribution in [-0.2, 0) is 23.0 Å². The van der Waals surface area contributed by atoms with Crippen molar-refractivity contribution in [1.82, 2.24) is 20.0 Å². The third-order valence-electron chi connectivity index (χ3n) is 5.02. The number of hydrogen-bond acceptors (Lipinski definition) is 7. The van der Waals surface area contributed by atoms with Crippen molar-refractivity contribution in [3.8, 4) is 11.4 Å². The Morgan fingerprint density at radius 2 is 2.17 bits per heavy atom. The van der Waals surface area contributed by atoms with Crippen molar-refractivity contribution in [2.75, 3.05) is 25.1 Å². The van der Waals surface area contributed by atoms with Gasteiger partial charge in [-0.15, -0.1) is 5.10 Å². The number of carbonyl (C=O) groups is 2. The second-order valence-electron chi connectivity index (χ2n) is 7.17. The highest BCUT2D eigenvalue weighted by molar-refractivity contribution is 5.82. The molecule has 1 atom stereocenters. The summed E-state index contributed by atoms with van der Waals surface area (Å²) in [5, 5.41) is 7.82. The molecule has 3 heterocycles. The molecule has 156 valence electrons. The summed E-state index contributed by atoms with van der Waals surface area (Å²) in [5.41, 5.74) is 2.28. The molecular weight excluding hydrogens is 384 g/mol. The number of halogens is 2. The monoisotopic (exact) mass is 407 g/mol. The van der Waals surface area contributed by atoms with Gasteiger partial charge in [0.05, 0.1) is 37.2 Å². The van der Waals surface area contributed by atoms with Gasteiger partial charge in [0.25, 0.3) is 5.92 Å². The Balaban J connectivity index is 1.93. The van der Waals surface area contributed by atoms with E-state index < -0.39 is 24.4 Å². The number of nitrogens with zero attached hydrogens (tertiary/aromatic N) is 5. The van der Waals surface area contributed by atoms with Gasteiger partial charge in [-0.1, -0.05) is 12.1 Å². The van der Waals surface area contributed by atoms with Crippen molar-refractivity contribution in [3.05, 3.63) is 23.5 Å². The molecule has 0 aromatic carbocycles. The number of anilines is 1. The third-order valence-corrected chi connectivity index (χ3v) is 5.02. The van der Waals surface area contributed by atoms with Crippen LogP contribution in [0.4, 0.5) is 14.5 Å². The number of methoxy groups -OCH3 is 1. The van der Waals surface area contributed by atoms with Gasteiger partial charge in [0.15, 0.2) is 6.29 Å². The van der Waals surface area contributed by atoms with Crippen molar-refractivity contribution >= 4 is 17.9 Å². The molecule has 1 aliphatic heterocycles. The average Bonchev–Trinajstić information content (AvgIpc) is 3.06. The Labute approximate surface area is 166 Å². The molecule has 29 heavy (non-hydrogen) atoms. The van der Waals surface area contributed by atoms with E-state index in [2.05, 4.69) is 20.0 Å². The molecule has 10 heteroatoms. The van der Waals surface area contributed by atoms with Crippen LogP contribution in [0.5, 0.6) is 0 Å². The fourth-order valence-electron chi connectivity index (χ4n) is 3.70. The normalized spacial score (nSPS) is 18.5. The summed E-state index contributed by atoms with van der Waals surface area (Å²) >= 11 is 0. The molecule has 0 bridgehead atoms. The van der Waals surface area contributed by atoms with E-state index in [-0.39, 0.29) is 18.5 Å². The molecule has 3 rings (SSSR count). The van der Waals surface area contributed by atoms with Crippen LogP contribution in [0.1, 0.15) is 35.9 Å². The Bertz CT molecular complexity index is 915. The zero-order valence-corrected chi connectivity index (χ0v) is 16.6. The van der Waals surface area contributed by atoms with Gasteiger partial charge < -0.3 is 9.64 Å². The zero-order chi connectivity index (χ0) is 21.2. The van der Waals surface area contributed by atoms with Crippen LogP contribution in [0.15, 0.2) is 12.1 Å². The van der Waals surface area contributed by atoms with E-state index in [1.54, 1.807) is 24.1 Å². The van der Waals surface area contributed by atoms with Gasteiger partial charge in [-0.05, 0) is 24.5 Å². The van der Waals surface area contributed by atoms with Crippen LogP contribution >= 0.6 is 0 Å². The predicted octanol–water partition coefficient (Wildman–Crippen LogP) is 2.28. The Kier molecular flexibility index (Phi) is 5.90. The Hall–Kier alpha value is -2.91. The van der Waals surface area contributed by atoms with E-state index in [9.17, 15) is 18.4 Å². The number of aromatic nitrogens is 4. The second kappa shape index (κ2) is 8.22. The van der Waals surface area contributed by atoms with Crippen molar-refractivity contribution in [3.63, 3.8) is 0 Å². The fourth-order valence-corrected chi connectivity index (χ4v) is 3.70. The lowest BCUT2D eigenvalue weighted by atomic mass is 9.91. The molecule has 0 saturated carbocycles. The number of hydrogen-bond donors (Lipinski definition) is 0. The first-order chi connectivity index (χ1) is 13.8. The van der Waals surface area contributed by atoms with E-state index in [1.165, 1.54) is 11.8 Å². The minimum Gasteiger partial charge on any atom is -0.469 e. The maximum Gasteiger partial charge on any atom is 0.305 e. The number of ether oxygens (including phenoxy) is 1. The average molecular weight is 407 g/mol. The summed E-state index contributed by atoms with van der Waals surface area (Å²) in [6.07, 6.45) is 0.745. The van der Waals surface area contributed by atoms with E-state index in [0.717, 1.165) is 0 Å². The molecule has 0 radical (unpaired) electrons. The van der Waals surface area contributed by atoms with E-state index in [0.29, 0.717) is 42.0 Å². The molecule has 0 N–H and O–H groups in total. The van der Waals surface area contributed by atoms with Crippen LogP contribution in [0.2, 0.25) is 0 Å². The lowest BCUT2D eigenvalue weighted by Gasteiger charge is -2.39. The summed E-state index contributed by atoms with van der Waals surface area (Å²) in [6, 6.07) is 3.36. The molecule has 2 aromatic rings. The summed E-state index contributed by atoms with van der Waals surface area (Å²) in [4.78, 5) is 29.0. The highest BCUT2D eigenvalue weighted by atomic mass is 19.3. The Morgan fingerprint density at radius 1 is 1.41 bits per heavy atom. The number of aldehydes is 1. The maximum absolute atomic E-state index is 14.4. The topological polar surface area (TPSA) is 90.2 Å². The molecule has 2 aromatic heterocycles. The molecular formula is C19H23F2N5O3. The second-order valence-corrected chi connectivity index (χ2v) is 7.17. The molecule has 0 amide bonds. The zero-order valence-electron chi connectivity index (χ0n) is 16.6. The first kappa shape index (κ1) is 20.8. The predicted molar refractivity (Wildman–Crippen MR) is 101 cm³/mol. The molecule has 8 nitrogen and oxygen atoms in total. The lowest BCUT2D eigenvalue weighted by Crippen LogP contribution is -2.48. The van der Waals surface area contributed by atoms with E-state index >= 15 is 0 Å². The number of esters is 1. The first-order valence-electron chi connectivity index (χ1n) is 9.32. The number of pyridine rings is 1. The standard InChI is InChI=1S/C19H23F2N5O3/c1-4-13-15(6-5-14(22-13)18-16(10-27)25(2)24-23-18)26-9-12(7-17(28)29-3)8-19(20,21)11-26/h5-6,10,12H,4,7-9,11H2,1-3H3. The SMILES string of the molecule is CCc1nc(-c2nnn(C)c2C=O)ccc1N1CC(CC(=O)OC)CC(F)(F)C1. The van der Waals surface area contributed by atoms with Crippen LogP contribution in [-0.4, -0.2) is 58.4 Å². The molecule has 0 spiro atoms. The smallest absolute Gasteiger partial charge is 0.305 e.